The predicted molar refractivity (Wildman–Crippen MR) is 76.9 cm³/mol. The van der Waals surface area contributed by atoms with Crippen LogP contribution in [0.1, 0.15) is 38.8 Å². The van der Waals surface area contributed by atoms with Crippen molar-refractivity contribution in [2.75, 3.05) is 6.61 Å². The number of esters is 1. The van der Waals surface area contributed by atoms with Crippen LogP contribution in [0.5, 0.6) is 11.5 Å². The van der Waals surface area contributed by atoms with E-state index in [1.165, 1.54) is 6.92 Å². The minimum absolute atomic E-state index is 0.136. The molecule has 0 bridgehead atoms. The van der Waals surface area contributed by atoms with Crippen molar-refractivity contribution in [1.29, 1.82) is 0 Å². The summed E-state index contributed by atoms with van der Waals surface area (Å²) in [5, 5.41) is 0. The van der Waals surface area contributed by atoms with Crippen molar-refractivity contribution in [2.45, 2.75) is 40.0 Å². The van der Waals surface area contributed by atoms with Crippen molar-refractivity contribution < 1.29 is 14.3 Å². The van der Waals surface area contributed by atoms with Crippen molar-refractivity contribution in [3.05, 3.63) is 35.9 Å². The first kappa shape index (κ1) is 15.3. The Kier molecular flexibility index (Phi) is 4.76. The number of hydrogen-bond acceptors (Lipinski definition) is 3. The lowest BCUT2D eigenvalue weighted by Crippen LogP contribution is -2.16. The Morgan fingerprint density at radius 3 is 2.47 bits per heavy atom. The van der Waals surface area contributed by atoms with Crippen molar-refractivity contribution in [3.63, 3.8) is 0 Å². The maximum atomic E-state index is 11.2. The molecule has 0 saturated carbocycles. The van der Waals surface area contributed by atoms with E-state index in [4.69, 9.17) is 9.47 Å². The van der Waals surface area contributed by atoms with Crippen molar-refractivity contribution in [3.8, 4) is 11.5 Å². The molecule has 1 aromatic carbocycles. The Labute approximate surface area is 115 Å². The van der Waals surface area contributed by atoms with Crippen LogP contribution in [0.4, 0.5) is 0 Å². The Morgan fingerprint density at radius 2 is 2.00 bits per heavy atom. The third-order valence-electron chi connectivity index (χ3n) is 2.67. The van der Waals surface area contributed by atoms with Gasteiger partial charge in [-0.2, -0.15) is 0 Å². The summed E-state index contributed by atoms with van der Waals surface area (Å²) in [6.45, 7) is 13.6. The van der Waals surface area contributed by atoms with E-state index in [1.54, 1.807) is 6.08 Å². The molecule has 1 aromatic rings. The molecule has 0 heterocycles. The summed E-state index contributed by atoms with van der Waals surface area (Å²) in [6.07, 6.45) is 1.70. The molecular formula is C16H22O3. The summed E-state index contributed by atoms with van der Waals surface area (Å²) in [7, 11) is 0. The van der Waals surface area contributed by atoms with Crippen LogP contribution in [-0.4, -0.2) is 12.6 Å². The molecule has 1 rings (SSSR count). The van der Waals surface area contributed by atoms with Crippen LogP contribution in [0.15, 0.2) is 24.8 Å². The largest absolute Gasteiger partial charge is 0.490 e. The van der Waals surface area contributed by atoms with Crippen LogP contribution in [-0.2, 0) is 10.2 Å². The quantitative estimate of drug-likeness (QED) is 0.470. The summed E-state index contributed by atoms with van der Waals surface area (Å²) in [5.74, 6) is 1.08. The molecule has 0 aliphatic rings. The third-order valence-corrected chi connectivity index (χ3v) is 2.67. The lowest BCUT2D eigenvalue weighted by molar-refractivity contribution is -0.132. The van der Waals surface area contributed by atoms with Crippen molar-refractivity contribution >= 4 is 5.97 Å². The van der Waals surface area contributed by atoms with Crippen LogP contribution in [0.2, 0.25) is 0 Å². The second kappa shape index (κ2) is 5.91. The Morgan fingerprint density at radius 1 is 1.37 bits per heavy atom. The number of aryl methyl sites for hydroxylation is 1. The van der Waals surface area contributed by atoms with Crippen LogP contribution < -0.4 is 9.47 Å². The first-order valence-electron chi connectivity index (χ1n) is 6.33. The fourth-order valence-electron chi connectivity index (χ4n) is 1.82. The fourth-order valence-corrected chi connectivity index (χ4v) is 1.82. The normalized spacial score (nSPS) is 11.0. The van der Waals surface area contributed by atoms with Crippen LogP contribution >= 0.6 is 0 Å². The molecule has 0 amide bonds. The molecule has 0 aromatic heterocycles. The minimum Gasteiger partial charge on any atom is -0.490 e. The molecule has 3 heteroatoms. The second-order valence-electron chi connectivity index (χ2n) is 5.56. The zero-order valence-electron chi connectivity index (χ0n) is 12.4. The van der Waals surface area contributed by atoms with Gasteiger partial charge in [0.25, 0.3) is 0 Å². The SMILES string of the molecule is C=CCOc1cc(C)c(OC(C)=O)c(C(C)(C)C)c1. The summed E-state index contributed by atoms with van der Waals surface area (Å²) in [4.78, 5) is 11.2. The molecule has 0 spiro atoms. The predicted octanol–water partition coefficient (Wildman–Crippen LogP) is 3.78. The number of rotatable bonds is 4. The molecule has 0 fully saturated rings. The van der Waals surface area contributed by atoms with Crippen molar-refractivity contribution in [2.24, 2.45) is 0 Å². The van der Waals surface area contributed by atoms with Gasteiger partial charge in [0.15, 0.2) is 0 Å². The van der Waals surface area contributed by atoms with Gasteiger partial charge in [0.1, 0.15) is 18.1 Å². The highest BCUT2D eigenvalue weighted by Crippen LogP contribution is 2.37. The summed E-state index contributed by atoms with van der Waals surface area (Å²) in [5.41, 5.74) is 1.71. The first-order valence-corrected chi connectivity index (χ1v) is 6.33. The number of ether oxygens (including phenoxy) is 2. The average Bonchev–Trinajstić information content (AvgIpc) is 2.27. The maximum Gasteiger partial charge on any atom is 0.308 e. The molecule has 3 nitrogen and oxygen atoms in total. The second-order valence-corrected chi connectivity index (χ2v) is 5.56. The van der Waals surface area contributed by atoms with E-state index < -0.39 is 0 Å². The minimum atomic E-state index is -0.312. The Bertz CT molecular complexity index is 482. The maximum absolute atomic E-state index is 11.2. The number of benzene rings is 1. The lowest BCUT2D eigenvalue weighted by Gasteiger charge is -2.24. The van der Waals surface area contributed by atoms with Gasteiger partial charge < -0.3 is 9.47 Å². The van der Waals surface area contributed by atoms with E-state index in [9.17, 15) is 4.79 Å². The molecule has 0 N–H and O–H groups in total. The number of hydrogen-bond donors (Lipinski definition) is 0. The van der Waals surface area contributed by atoms with E-state index in [0.717, 1.165) is 16.9 Å². The number of carbonyl (C=O) groups excluding carboxylic acids is 1. The lowest BCUT2D eigenvalue weighted by atomic mass is 9.85. The molecule has 19 heavy (non-hydrogen) atoms. The molecule has 0 radical (unpaired) electrons. The first-order chi connectivity index (χ1) is 8.75. The van der Waals surface area contributed by atoms with E-state index in [-0.39, 0.29) is 11.4 Å². The fraction of sp³-hybridized carbons (Fsp3) is 0.438. The van der Waals surface area contributed by atoms with E-state index in [0.29, 0.717) is 12.4 Å². The molecule has 0 atom stereocenters. The third kappa shape index (κ3) is 4.12. The van der Waals surface area contributed by atoms with E-state index in [1.807, 2.05) is 19.1 Å². The highest BCUT2D eigenvalue weighted by atomic mass is 16.5. The van der Waals surface area contributed by atoms with Crippen LogP contribution in [0.3, 0.4) is 0 Å². The smallest absolute Gasteiger partial charge is 0.308 e. The summed E-state index contributed by atoms with van der Waals surface area (Å²) in [6, 6.07) is 3.80. The van der Waals surface area contributed by atoms with Crippen LogP contribution in [0, 0.1) is 6.92 Å². The van der Waals surface area contributed by atoms with Gasteiger partial charge in [-0.15, -0.1) is 0 Å². The molecule has 0 unspecified atom stereocenters. The zero-order chi connectivity index (χ0) is 14.6. The molecule has 0 saturated heterocycles. The standard InChI is InChI=1S/C16H22O3/c1-7-8-18-13-9-11(2)15(19-12(3)17)14(10-13)16(4,5)6/h7,9-10H,1,8H2,2-6H3. The molecule has 104 valence electrons. The van der Waals surface area contributed by atoms with Gasteiger partial charge in [-0.3, -0.25) is 4.79 Å². The molecule has 0 aliphatic heterocycles. The van der Waals surface area contributed by atoms with Crippen molar-refractivity contribution in [1.82, 2.24) is 0 Å². The van der Waals surface area contributed by atoms with Gasteiger partial charge in [0, 0.05) is 12.5 Å². The average molecular weight is 262 g/mol. The van der Waals surface area contributed by atoms with Gasteiger partial charge in [-0.1, -0.05) is 33.4 Å². The molecule has 0 aliphatic carbocycles. The van der Waals surface area contributed by atoms with E-state index in [2.05, 4.69) is 27.4 Å². The number of carbonyl (C=O) groups is 1. The summed E-state index contributed by atoms with van der Waals surface area (Å²) >= 11 is 0. The van der Waals surface area contributed by atoms with Gasteiger partial charge >= 0.3 is 5.97 Å². The Hall–Kier alpha value is -1.77. The molecular weight excluding hydrogens is 240 g/mol. The summed E-state index contributed by atoms with van der Waals surface area (Å²) < 4.78 is 10.9. The van der Waals surface area contributed by atoms with Crippen LogP contribution in [0.25, 0.3) is 0 Å². The highest BCUT2D eigenvalue weighted by molar-refractivity contribution is 5.71. The highest BCUT2D eigenvalue weighted by Gasteiger charge is 2.23. The van der Waals surface area contributed by atoms with E-state index >= 15 is 0 Å². The topological polar surface area (TPSA) is 35.5 Å². The van der Waals surface area contributed by atoms with Gasteiger partial charge in [0.2, 0.25) is 0 Å². The van der Waals surface area contributed by atoms with Gasteiger partial charge in [0.05, 0.1) is 0 Å². The monoisotopic (exact) mass is 262 g/mol. The Balaban J connectivity index is 3.30. The van der Waals surface area contributed by atoms with Gasteiger partial charge in [-0.05, 0) is 30.0 Å². The zero-order valence-corrected chi connectivity index (χ0v) is 12.4. The van der Waals surface area contributed by atoms with Gasteiger partial charge in [-0.25, -0.2) is 0 Å².